The molecule has 0 saturated carbocycles. The molecule has 0 spiro atoms. The van der Waals surface area contributed by atoms with E-state index in [1.165, 1.54) is 7.11 Å². The number of ether oxygens (including phenoxy) is 2. The number of aromatic nitrogens is 1. The third-order valence-corrected chi connectivity index (χ3v) is 2.57. The summed E-state index contributed by atoms with van der Waals surface area (Å²) in [5, 5.41) is -0.281. The van der Waals surface area contributed by atoms with Gasteiger partial charge in [0.2, 0.25) is 0 Å². The third kappa shape index (κ3) is 1.55. The number of fused-ring (bicyclic) bond motifs is 1. The topological polar surface area (TPSA) is 77.3 Å². The van der Waals surface area contributed by atoms with Crippen LogP contribution >= 0.6 is 0 Å². The number of halogens is 2. The number of esters is 1. The predicted octanol–water partition coefficient (Wildman–Crippen LogP) is 1.82. The monoisotopic (exact) mass is 256 g/mol. The molecule has 0 aliphatic carbocycles. The second-order valence-electron chi connectivity index (χ2n) is 3.53. The van der Waals surface area contributed by atoms with Gasteiger partial charge in [0.1, 0.15) is 17.1 Å². The fraction of sp³-hybridized carbons (Fsp3) is 0.182. The molecule has 0 radical (unpaired) electrons. The summed E-state index contributed by atoms with van der Waals surface area (Å²) in [4.78, 5) is 14.1. The van der Waals surface area contributed by atoms with Gasteiger partial charge in [0.25, 0.3) is 0 Å². The highest BCUT2D eigenvalue weighted by molar-refractivity contribution is 6.10. The molecule has 0 fully saturated rings. The first kappa shape index (κ1) is 12.2. The lowest BCUT2D eigenvalue weighted by Crippen LogP contribution is -2.05. The Bertz CT molecular complexity index is 637. The Kier molecular flexibility index (Phi) is 2.82. The largest absolute Gasteiger partial charge is 0.494 e. The fourth-order valence-corrected chi connectivity index (χ4v) is 1.77. The first-order valence-corrected chi connectivity index (χ1v) is 4.92. The van der Waals surface area contributed by atoms with E-state index in [-0.39, 0.29) is 28.0 Å². The number of carbonyl (C=O) groups excluding carboxylic acids is 1. The highest BCUT2D eigenvalue weighted by atomic mass is 19.2. The zero-order valence-electron chi connectivity index (χ0n) is 9.64. The minimum atomic E-state index is -1.18. The fourth-order valence-electron chi connectivity index (χ4n) is 1.77. The molecule has 18 heavy (non-hydrogen) atoms. The van der Waals surface area contributed by atoms with E-state index < -0.39 is 17.6 Å². The second-order valence-corrected chi connectivity index (χ2v) is 3.53. The Balaban J connectivity index is 2.92. The van der Waals surface area contributed by atoms with Gasteiger partial charge in [-0.25, -0.2) is 13.6 Å². The maximum absolute atomic E-state index is 13.8. The van der Waals surface area contributed by atoms with E-state index in [1.54, 1.807) is 0 Å². The number of hydrogen-bond donors (Lipinski definition) is 2. The van der Waals surface area contributed by atoms with Crippen molar-refractivity contribution in [1.82, 2.24) is 4.98 Å². The van der Waals surface area contributed by atoms with Crippen LogP contribution in [0.4, 0.5) is 14.6 Å². The van der Waals surface area contributed by atoms with E-state index in [4.69, 9.17) is 10.5 Å². The van der Waals surface area contributed by atoms with Crippen LogP contribution in [0.25, 0.3) is 10.9 Å². The lowest BCUT2D eigenvalue weighted by molar-refractivity contribution is 0.0604. The van der Waals surface area contributed by atoms with Gasteiger partial charge < -0.3 is 20.2 Å². The summed E-state index contributed by atoms with van der Waals surface area (Å²) in [6.45, 7) is 0. The van der Waals surface area contributed by atoms with Crippen molar-refractivity contribution in [3.8, 4) is 5.75 Å². The van der Waals surface area contributed by atoms with Gasteiger partial charge in [-0.15, -0.1) is 0 Å². The Morgan fingerprint density at radius 3 is 2.61 bits per heavy atom. The van der Waals surface area contributed by atoms with Crippen molar-refractivity contribution < 1.29 is 23.0 Å². The van der Waals surface area contributed by atoms with Crippen LogP contribution in [-0.2, 0) is 4.74 Å². The molecule has 1 aromatic carbocycles. The number of hydrogen-bond acceptors (Lipinski definition) is 4. The molecule has 0 saturated heterocycles. The van der Waals surface area contributed by atoms with Crippen LogP contribution in [-0.4, -0.2) is 25.2 Å². The van der Waals surface area contributed by atoms with Gasteiger partial charge in [-0.3, -0.25) is 0 Å². The van der Waals surface area contributed by atoms with Crippen LogP contribution in [0.15, 0.2) is 6.07 Å². The second kappa shape index (κ2) is 4.17. The molecule has 1 heterocycles. The van der Waals surface area contributed by atoms with Gasteiger partial charge in [-0.1, -0.05) is 0 Å². The Morgan fingerprint density at radius 1 is 1.39 bits per heavy atom. The summed E-state index contributed by atoms with van der Waals surface area (Å²) in [5.74, 6) is -3.24. The summed E-state index contributed by atoms with van der Waals surface area (Å²) < 4.78 is 36.5. The summed E-state index contributed by atoms with van der Waals surface area (Å²) in [7, 11) is 2.41. The minimum Gasteiger partial charge on any atom is -0.494 e. The number of nitrogen functional groups attached to an aromatic ring is 1. The average molecular weight is 256 g/mol. The molecule has 0 amide bonds. The standard InChI is InChI=1S/C11H10F2N2O3/c1-17-5-3-4(12)8(13)6-7(11(16)18-2)10(14)15-9(5)6/h3,15H,14H2,1-2H3. The first-order chi connectivity index (χ1) is 8.51. The minimum absolute atomic E-state index is 0.0470. The molecule has 3 N–H and O–H groups in total. The zero-order valence-corrected chi connectivity index (χ0v) is 9.64. The molecule has 2 rings (SSSR count). The molecule has 1 aromatic heterocycles. The highest BCUT2D eigenvalue weighted by Gasteiger charge is 2.25. The number of rotatable bonds is 2. The number of carbonyl (C=O) groups is 1. The van der Waals surface area contributed by atoms with Gasteiger partial charge >= 0.3 is 5.97 Å². The van der Waals surface area contributed by atoms with Crippen molar-refractivity contribution in [1.29, 1.82) is 0 Å². The number of nitrogens with two attached hydrogens (primary N) is 1. The van der Waals surface area contributed by atoms with Crippen molar-refractivity contribution in [3.63, 3.8) is 0 Å². The molecular weight excluding hydrogens is 246 g/mol. The van der Waals surface area contributed by atoms with Crippen molar-refractivity contribution in [3.05, 3.63) is 23.3 Å². The highest BCUT2D eigenvalue weighted by Crippen LogP contribution is 2.35. The molecule has 0 atom stereocenters. The lowest BCUT2D eigenvalue weighted by Gasteiger charge is -2.04. The van der Waals surface area contributed by atoms with Crippen molar-refractivity contribution in [2.24, 2.45) is 0 Å². The van der Waals surface area contributed by atoms with E-state index >= 15 is 0 Å². The van der Waals surface area contributed by atoms with Crippen molar-refractivity contribution >= 4 is 22.7 Å². The maximum atomic E-state index is 13.8. The maximum Gasteiger partial charge on any atom is 0.342 e. The van der Waals surface area contributed by atoms with E-state index in [0.717, 1.165) is 13.2 Å². The van der Waals surface area contributed by atoms with Crippen molar-refractivity contribution in [2.75, 3.05) is 20.0 Å². The van der Waals surface area contributed by atoms with Crippen LogP contribution in [0.1, 0.15) is 10.4 Å². The number of anilines is 1. The van der Waals surface area contributed by atoms with Crippen LogP contribution in [0.2, 0.25) is 0 Å². The number of nitrogens with one attached hydrogen (secondary N) is 1. The van der Waals surface area contributed by atoms with Crippen LogP contribution in [0, 0.1) is 11.6 Å². The molecule has 7 heteroatoms. The Labute approximate surface area is 100 Å². The van der Waals surface area contributed by atoms with Gasteiger partial charge in [0.15, 0.2) is 11.6 Å². The first-order valence-electron chi connectivity index (χ1n) is 4.92. The molecule has 2 aromatic rings. The van der Waals surface area contributed by atoms with E-state index in [9.17, 15) is 13.6 Å². The average Bonchev–Trinajstić information content (AvgIpc) is 2.70. The quantitative estimate of drug-likeness (QED) is 0.803. The number of H-pyrrole nitrogens is 1. The van der Waals surface area contributed by atoms with Crippen LogP contribution in [0.5, 0.6) is 5.75 Å². The molecule has 0 aliphatic heterocycles. The molecule has 0 aliphatic rings. The van der Waals surface area contributed by atoms with Crippen molar-refractivity contribution in [2.45, 2.75) is 0 Å². The zero-order chi connectivity index (χ0) is 13.4. The van der Waals surface area contributed by atoms with E-state index in [0.29, 0.717) is 0 Å². The molecule has 0 bridgehead atoms. The number of aromatic amines is 1. The molecule has 0 unspecified atom stereocenters. The molecule has 96 valence electrons. The Hall–Kier alpha value is -2.31. The molecule has 5 nitrogen and oxygen atoms in total. The van der Waals surface area contributed by atoms with E-state index in [2.05, 4.69) is 9.72 Å². The van der Waals surface area contributed by atoms with Crippen LogP contribution < -0.4 is 10.5 Å². The predicted molar refractivity (Wildman–Crippen MR) is 60.5 cm³/mol. The van der Waals surface area contributed by atoms with Gasteiger partial charge in [-0.05, 0) is 0 Å². The Morgan fingerprint density at radius 2 is 2.06 bits per heavy atom. The third-order valence-electron chi connectivity index (χ3n) is 2.57. The SMILES string of the molecule is COC(=O)c1c(N)[nH]c2c(OC)cc(F)c(F)c12. The number of methoxy groups -OCH3 is 2. The van der Waals surface area contributed by atoms with Gasteiger partial charge in [-0.2, -0.15) is 0 Å². The summed E-state index contributed by atoms with van der Waals surface area (Å²) >= 11 is 0. The summed E-state index contributed by atoms with van der Waals surface area (Å²) in [5.41, 5.74) is 5.43. The lowest BCUT2D eigenvalue weighted by atomic mass is 10.1. The normalized spacial score (nSPS) is 10.7. The van der Waals surface area contributed by atoms with Gasteiger partial charge in [0.05, 0.1) is 25.1 Å². The molecular formula is C11H10F2N2O3. The summed E-state index contributed by atoms with van der Waals surface area (Å²) in [6.07, 6.45) is 0. The smallest absolute Gasteiger partial charge is 0.342 e. The number of benzene rings is 1. The summed E-state index contributed by atoms with van der Waals surface area (Å²) in [6, 6.07) is 0.870. The van der Waals surface area contributed by atoms with E-state index in [1.807, 2.05) is 0 Å². The van der Waals surface area contributed by atoms with Gasteiger partial charge in [0, 0.05) is 6.07 Å². The van der Waals surface area contributed by atoms with Crippen LogP contribution in [0.3, 0.4) is 0 Å².